The van der Waals surface area contributed by atoms with Crippen molar-refractivity contribution in [3.8, 4) is 46.0 Å². The van der Waals surface area contributed by atoms with Crippen LogP contribution in [0.5, 0.6) is 46.0 Å². The van der Waals surface area contributed by atoms with Gasteiger partial charge in [-0.15, -0.1) is 34.8 Å². The molecule has 0 saturated carbocycles. The van der Waals surface area contributed by atoms with Crippen LogP contribution in [0.25, 0.3) is 21.9 Å². The number of carbonyl (C=O) groups excluding carboxylic acids is 3. The van der Waals surface area contributed by atoms with Crippen molar-refractivity contribution in [3.63, 3.8) is 0 Å². The Morgan fingerprint density at radius 2 is 0.878 bits per heavy atom. The molecule has 1 atom stereocenters. The summed E-state index contributed by atoms with van der Waals surface area (Å²) in [5.74, 6) is 6.86. The van der Waals surface area contributed by atoms with Crippen molar-refractivity contribution in [1.29, 1.82) is 0 Å². The number of halogens is 6. The molecule has 2 aromatic heterocycles. The van der Waals surface area contributed by atoms with Gasteiger partial charge in [0.2, 0.25) is 0 Å². The maximum absolute atomic E-state index is 13.4. The Morgan fingerprint density at radius 3 is 1.22 bits per heavy atom. The normalized spacial score (nSPS) is 13.0. The predicted molar refractivity (Wildman–Crippen MR) is 379 cm³/mol. The van der Waals surface area contributed by atoms with Crippen LogP contribution in [0.3, 0.4) is 0 Å². The van der Waals surface area contributed by atoms with Gasteiger partial charge >= 0.3 is 23.1 Å². The molecular weight excluding hydrogens is 1360 g/mol. The molecule has 4 heterocycles. The molecule has 2 aliphatic heterocycles. The Labute approximate surface area is 611 Å². The van der Waals surface area contributed by atoms with Crippen molar-refractivity contribution >= 4 is 97.1 Å². The number of ketones is 3. The van der Waals surface area contributed by atoms with E-state index in [1.54, 1.807) is 114 Å². The van der Waals surface area contributed by atoms with Gasteiger partial charge in [-0.2, -0.15) is 0 Å². The van der Waals surface area contributed by atoms with Gasteiger partial charge in [-0.1, -0.05) is 16.4 Å². The van der Waals surface area contributed by atoms with Crippen LogP contribution >= 0.6 is 34.8 Å². The SMILES string of the molecule is COc1cc(C(C)=O)ccc1OCCCCl.COc1cc(C(C)=O)ccc1OCCCCl.COc1cc(C(C)=O)ccc1OCCCN1CCC(c2noc3cc(F)ccc23)CC1.COc1cc(C(C)O)ccc1OCCCCl.Fc1ccc2c(C3CCNCC3)noc2c1.[CH3-].[Cl-].[Mg+2]. The van der Waals surface area contributed by atoms with Crippen LogP contribution in [0.1, 0.15) is 145 Å². The van der Waals surface area contributed by atoms with E-state index in [1.165, 1.54) is 45.0 Å². The second kappa shape index (κ2) is 45.9. The smallest absolute Gasteiger partial charge is 1.00 e. The molecule has 530 valence electrons. The van der Waals surface area contributed by atoms with E-state index in [9.17, 15) is 28.3 Å². The number of Topliss-reactive ketones (excluding diaryl/α,β-unsaturated/α-hetero) is 3. The minimum atomic E-state index is -0.509. The number of alkyl halides is 3. The number of piperidine rings is 2. The molecule has 8 aromatic rings. The number of methoxy groups -OCH3 is 4. The summed E-state index contributed by atoms with van der Waals surface area (Å²) in [5.41, 5.74) is 5.63. The van der Waals surface area contributed by atoms with Crippen LogP contribution in [0.4, 0.5) is 8.78 Å². The third-order valence-corrected chi connectivity index (χ3v) is 16.3. The molecule has 1 unspecified atom stereocenters. The van der Waals surface area contributed by atoms with Crippen LogP contribution in [0.15, 0.2) is 118 Å². The van der Waals surface area contributed by atoms with E-state index in [0.29, 0.717) is 130 Å². The zero-order valence-electron chi connectivity index (χ0n) is 57.3. The van der Waals surface area contributed by atoms with E-state index in [0.717, 1.165) is 112 Å². The standard InChI is InChI=1S/C24H27FN2O4.C12H17ClO3.2C12H15ClO3.C12H13FN2O.CH3.ClH.Mg/c1-16(28)18-4-7-21(23(14-18)29-2)30-13-3-10-27-11-8-17(9-12-27)24-20-6-5-19(25)15-22(20)31-26-24;3*1-9(14)10-4-5-11(12(8-10)15-2)16-7-3-6-13;13-9-1-2-10-11(7-9)16-15-12(10)8-3-5-14-6-4-8;;;/h4-7,14-15,17H,3,8-13H2,1-2H3;4-5,8-9,14H,3,6-7H2,1-2H3;2*4-5,8H,3,6-7H2,1-2H3;1-2,7-8,14H,3-6H2;1H3;1H;/q;;;;;-1;;+2/p-1. The van der Waals surface area contributed by atoms with Gasteiger partial charge in [0.05, 0.1) is 72.4 Å². The molecule has 18 nitrogen and oxygen atoms in total. The Balaban J connectivity index is 0.000000328. The summed E-state index contributed by atoms with van der Waals surface area (Å²) in [7, 11) is 6.25. The molecule has 25 heteroatoms. The van der Waals surface area contributed by atoms with Crippen LogP contribution in [-0.4, -0.2) is 166 Å². The summed E-state index contributed by atoms with van der Waals surface area (Å²) in [6.45, 7) is 13.4. The Morgan fingerprint density at radius 1 is 0.531 bits per heavy atom. The second-order valence-corrected chi connectivity index (χ2v) is 23.4. The Bertz CT molecular complexity index is 3610. The molecule has 0 aliphatic carbocycles. The van der Waals surface area contributed by atoms with Gasteiger partial charge in [0.15, 0.2) is 74.5 Å². The summed E-state index contributed by atoms with van der Waals surface area (Å²) in [6, 6.07) is 30.2. The maximum Gasteiger partial charge on any atom is 2.00 e. The zero-order chi connectivity index (χ0) is 68.7. The van der Waals surface area contributed by atoms with E-state index in [2.05, 4.69) is 20.5 Å². The fraction of sp³-hybridized carbons (Fsp3) is 0.425. The third kappa shape index (κ3) is 26.8. The summed E-state index contributed by atoms with van der Waals surface area (Å²) in [4.78, 5) is 36.3. The van der Waals surface area contributed by atoms with Crippen molar-refractivity contribution in [2.24, 2.45) is 0 Å². The summed E-state index contributed by atoms with van der Waals surface area (Å²) in [5, 5.41) is 22.9. The van der Waals surface area contributed by atoms with Crippen molar-refractivity contribution in [3.05, 3.63) is 162 Å². The van der Waals surface area contributed by atoms with Gasteiger partial charge < -0.3 is 82.1 Å². The summed E-state index contributed by atoms with van der Waals surface area (Å²) in [6.07, 6.45) is 6.87. The molecule has 2 aliphatic rings. The fourth-order valence-electron chi connectivity index (χ4n) is 10.2. The van der Waals surface area contributed by atoms with Crippen LogP contribution in [-0.2, 0) is 0 Å². The minimum absolute atomic E-state index is 0. The molecule has 6 aromatic carbocycles. The number of benzene rings is 6. The molecule has 0 amide bonds. The van der Waals surface area contributed by atoms with Gasteiger partial charge in [0.25, 0.3) is 0 Å². The molecule has 98 heavy (non-hydrogen) atoms. The number of nitrogens with zero attached hydrogens (tertiary/aromatic N) is 3. The number of fused-ring (bicyclic) bond motifs is 2. The van der Waals surface area contributed by atoms with Crippen LogP contribution in [0, 0.1) is 19.1 Å². The minimum Gasteiger partial charge on any atom is -1.00 e. The number of rotatable bonds is 27. The van der Waals surface area contributed by atoms with Crippen molar-refractivity contribution in [2.45, 2.75) is 97.0 Å². The first-order chi connectivity index (χ1) is 45.9. The zero-order valence-corrected chi connectivity index (χ0v) is 61.8. The largest absolute Gasteiger partial charge is 2.00 e. The molecule has 0 radical (unpaired) electrons. The number of likely N-dealkylation sites (tertiary alicyclic amines) is 1. The number of hydrogen-bond acceptors (Lipinski definition) is 18. The molecule has 2 N–H and O–H groups in total. The first kappa shape index (κ1) is 85.6. The van der Waals surface area contributed by atoms with E-state index < -0.39 is 6.10 Å². The van der Waals surface area contributed by atoms with Gasteiger partial charge in [-0.3, -0.25) is 14.4 Å². The number of ether oxygens (including phenoxy) is 8. The van der Waals surface area contributed by atoms with Gasteiger partial charge in [-0.05, 0) is 202 Å². The second-order valence-electron chi connectivity index (χ2n) is 22.3. The fourth-order valence-corrected chi connectivity index (χ4v) is 10.6. The predicted octanol–water partition coefficient (Wildman–Crippen LogP) is 12.9. The number of carbonyl (C=O) groups is 3. The molecule has 2 saturated heterocycles. The van der Waals surface area contributed by atoms with E-state index >= 15 is 0 Å². The van der Waals surface area contributed by atoms with Gasteiger partial charge in [0.1, 0.15) is 11.6 Å². The topological polar surface area (TPSA) is 213 Å². The summed E-state index contributed by atoms with van der Waals surface area (Å²) >= 11 is 16.7. The number of nitrogens with one attached hydrogen (secondary N) is 1. The van der Waals surface area contributed by atoms with Gasteiger partial charge in [0, 0.05) is 75.6 Å². The first-order valence-corrected chi connectivity index (χ1v) is 33.2. The Hall–Kier alpha value is -6.66. The number of aliphatic hydroxyl groups is 1. The molecule has 10 rings (SSSR count). The average Bonchev–Trinajstić information content (AvgIpc) is 1.66. The molecule has 0 bridgehead atoms. The van der Waals surface area contributed by atoms with E-state index in [1.807, 2.05) is 6.07 Å². The number of aromatic nitrogens is 2. The third-order valence-electron chi connectivity index (χ3n) is 15.5. The van der Waals surface area contributed by atoms with Crippen molar-refractivity contribution in [1.82, 2.24) is 20.5 Å². The Kier molecular flexibility index (Phi) is 40.1. The van der Waals surface area contributed by atoms with Crippen LogP contribution < -0.4 is 55.6 Å². The van der Waals surface area contributed by atoms with E-state index in [-0.39, 0.29) is 71.9 Å². The van der Waals surface area contributed by atoms with Crippen LogP contribution in [0.2, 0.25) is 0 Å². The monoisotopic (exact) mass is 1450 g/mol. The van der Waals surface area contributed by atoms with Crippen molar-refractivity contribution in [2.75, 3.05) is 105 Å². The molecular formula is C73H90Cl4F2MgN4O14. The summed E-state index contributed by atoms with van der Waals surface area (Å²) < 4.78 is 80.1. The molecule has 2 fully saturated rings. The number of hydrogen-bond donors (Lipinski definition) is 2. The van der Waals surface area contributed by atoms with E-state index in [4.69, 9.17) is 81.7 Å². The van der Waals surface area contributed by atoms with Gasteiger partial charge in [-0.25, -0.2) is 8.78 Å². The number of aliphatic hydroxyl groups excluding tert-OH is 1. The quantitative estimate of drug-likeness (QED) is 0.0161. The maximum atomic E-state index is 13.4. The van der Waals surface area contributed by atoms with Crippen molar-refractivity contribution < 1.29 is 87.6 Å². The average molecular weight is 1450 g/mol. The molecule has 0 spiro atoms. The first-order valence-electron chi connectivity index (χ1n) is 31.6.